The number of ketones is 1. The summed E-state index contributed by atoms with van der Waals surface area (Å²) in [6.07, 6.45) is 1.77. The van der Waals surface area contributed by atoms with Gasteiger partial charge in [0.2, 0.25) is 0 Å². The number of rotatable bonds is 6. The van der Waals surface area contributed by atoms with E-state index in [-0.39, 0.29) is 11.8 Å². The lowest BCUT2D eigenvalue weighted by Crippen LogP contribution is -2.15. The normalized spacial score (nSPS) is 12.1. The molecule has 0 heterocycles. The second kappa shape index (κ2) is 6.86. The Morgan fingerprint density at radius 1 is 0.947 bits per heavy atom. The molecule has 2 rings (SSSR count). The van der Waals surface area contributed by atoms with E-state index in [0.717, 1.165) is 12.0 Å². The third kappa shape index (κ3) is 4.34. The van der Waals surface area contributed by atoms with E-state index in [2.05, 4.69) is 0 Å². The van der Waals surface area contributed by atoms with E-state index in [9.17, 15) is 4.79 Å². The SMILES string of the molecule is NC(CC(=O)CCc1ccccc1)c1ccccc1. The molecule has 0 aliphatic carbocycles. The molecule has 1 unspecified atom stereocenters. The Morgan fingerprint density at radius 2 is 1.53 bits per heavy atom. The smallest absolute Gasteiger partial charge is 0.135 e. The average molecular weight is 253 g/mol. The molecule has 0 bridgehead atoms. The summed E-state index contributed by atoms with van der Waals surface area (Å²) in [6, 6.07) is 19.7. The molecule has 0 aromatic heterocycles. The number of aryl methyl sites for hydroxylation is 1. The minimum absolute atomic E-state index is 0.190. The van der Waals surface area contributed by atoms with Crippen molar-refractivity contribution in [2.45, 2.75) is 25.3 Å². The van der Waals surface area contributed by atoms with Crippen LogP contribution < -0.4 is 5.73 Å². The third-order valence-corrected chi connectivity index (χ3v) is 3.21. The fourth-order valence-corrected chi connectivity index (χ4v) is 2.09. The van der Waals surface area contributed by atoms with Gasteiger partial charge in [0.1, 0.15) is 5.78 Å². The van der Waals surface area contributed by atoms with Crippen LogP contribution in [0.25, 0.3) is 0 Å². The fraction of sp³-hybridized carbons (Fsp3) is 0.235. The topological polar surface area (TPSA) is 43.1 Å². The van der Waals surface area contributed by atoms with Gasteiger partial charge in [-0.2, -0.15) is 0 Å². The highest BCUT2D eigenvalue weighted by Gasteiger charge is 2.11. The van der Waals surface area contributed by atoms with Crippen molar-refractivity contribution in [3.63, 3.8) is 0 Å². The second-order valence-corrected chi connectivity index (χ2v) is 4.75. The maximum atomic E-state index is 11.9. The molecular weight excluding hydrogens is 234 g/mol. The molecule has 2 heteroatoms. The van der Waals surface area contributed by atoms with Gasteiger partial charge < -0.3 is 5.73 Å². The molecule has 98 valence electrons. The highest BCUT2D eigenvalue weighted by molar-refractivity contribution is 5.79. The molecule has 0 aliphatic rings. The first-order valence-electron chi connectivity index (χ1n) is 6.62. The zero-order valence-electron chi connectivity index (χ0n) is 11.0. The summed E-state index contributed by atoms with van der Waals surface area (Å²) in [4.78, 5) is 11.9. The van der Waals surface area contributed by atoms with Gasteiger partial charge >= 0.3 is 0 Å². The highest BCUT2D eigenvalue weighted by Crippen LogP contribution is 2.15. The Labute approximate surface area is 114 Å². The van der Waals surface area contributed by atoms with Crippen molar-refractivity contribution in [3.8, 4) is 0 Å². The minimum Gasteiger partial charge on any atom is -0.324 e. The average Bonchev–Trinajstić information content (AvgIpc) is 2.47. The number of Topliss-reactive ketones (excluding diaryl/α,β-unsaturated/α-hetero) is 1. The molecule has 19 heavy (non-hydrogen) atoms. The van der Waals surface area contributed by atoms with E-state index in [0.29, 0.717) is 12.8 Å². The van der Waals surface area contributed by atoms with Crippen LogP contribution in [0.5, 0.6) is 0 Å². The summed E-state index contributed by atoms with van der Waals surface area (Å²) in [5.41, 5.74) is 8.27. The largest absolute Gasteiger partial charge is 0.324 e. The van der Waals surface area contributed by atoms with Crippen molar-refractivity contribution < 1.29 is 4.79 Å². The van der Waals surface area contributed by atoms with Crippen LogP contribution in [0, 0.1) is 0 Å². The second-order valence-electron chi connectivity index (χ2n) is 4.75. The maximum Gasteiger partial charge on any atom is 0.135 e. The molecule has 0 aliphatic heterocycles. The minimum atomic E-state index is -0.190. The van der Waals surface area contributed by atoms with E-state index in [1.54, 1.807) is 0 Å². The van der Waals surface area contributed by atoms with E-state index in [1.165, 1.54) is 5.56 Å². The van der Waals surface area contributed by atoms with Crippen molar-refractivity contribution in [2.24, 2.45) is 5.73 Å². The first-order chi connectivity index (χ1) is 9.25. The van der Waals surface area contributed by atoms with Crippen molar-refractivity contribution >= 4 is 5.78 Å². The zero-order chi connectivity index (χ0) is 13.5. The predicted octanol–water partition coefficient (Wildman–Crippen LogP) is 3.28. The fourth-order valence-electron chi connectivity index (χ4n) is 2.09. The molecule has 0 radical (unpaired) electrons. The quantitative estimate of drug-likeness (QED) is 0.858. The van der Waals surface area contributed by atoms with Gasteiger partial charge in [0.25, 0.3) is 0 Å². The molecule has 0 fully saturated rings. The van der Waals surface area contributed by atoms with Crippen molar-refractivity contribution in [1.29, 1.82) is 0 Å². The van der Waals surface area contributed by atoms with Crippen LogP contribution in [0.1, 0.15) is 30.0 Å². The molecule has 2 nitrogen and oxygen atoms in total. The number of carbonyl (C=O) groups is 1. The van der Waals surface area contributed by atoms with E-state index in [1.807, 2.05) is 60.7 Å². The van der Waals surface area contributed by atoms with Gasteiger partial charge in [0.15, 0.2) is 0 Å². The van der Waals surface area contributed by atoms with Crippen LogP contribution in [0.2, 0.25) is 0 Å². The molecule has 2 N–H and O–H groups in total. The Hall–Kier alpha value is -1.93. The van der Waals surface area contributed by atoms with Crippen molar-refractivity contribution in [2.75, 3.05) is 0 Å². The number of carbonyl (C=O) groups excluding carboxylic acids is 1. The van der Waals surface area contributed by atoms with Crippen LogP contribution in [0.4, 0.5) is 0 Å². The number of nitrogens with two attached hydrogens (primary N) is 1. The molecule has 0 amide bonds. The summed E-state index contributed by atoms with van der Waals surface area (Å²) < 4.78 is 0. The highest BCUT2D eigenvalue weighted by atomic mass is 16.1. The summed E-state index contributed by atoms with van der Waals surface area (Å²) in [6.45, 7) is 0. The van der Waals surface area contributed by atoms with Crippen LogP contribution in [-0.4, -0.2) is 5.78 Å². The van der Waals surface area contributed by atoms with Gasteiger partial charge in [0, 0.05) is 18.9 Å². The van der Waals surface area contributed by atoms with Crippen LogP contribution in [0.3, 0.4) is 0 Å². The van der Waals surface area contributed by atoms with E-state index in [4.69, 9.17) is 5.73 Å². The van der Waals surface area contributed by atoms with Crippen LogP contribution in [-0.2, 0) is 11.2 Å². The van der Waals surface area contributed by atoms with E-state index >= 15 is 0 Å². The van der Waals surface area contributed by atoms with Gasteiger partial charge in [-0.15, -0.1) is 0 Å². The molecule has 2 aromatic rings. The monoisotopic (exact) mass is 253 g/mol. The molecule has 2 aromatic carbocycles. The first kappa shape index (κ1) is 13.5. The predicted molar refractivity (Wildman–Crippen MR) is 77.8 cm³/mol. The maximum absolute atomic E-state index is 11.9. The third-order valence-electron chi connectivity index (χ3n) is 3.21. The Kier molecular flexibility index (Phi) is 4.87. The number of hydrogen-bond acceptors (Lipinski definition) is 2. The van der Waals surface area contributed by atoms with Gasteiger partial charge in [-0.25, -0.2) is 0 Å². The molecule has 0 saturated carbocycles. The Balaban J connectivity index is 1.82. The summed E-state index contributed by atoms with van der Waals surface area (Å²) in [5, 5.41) is 0. The molecular formula is C17H19NO. The van der Waals surface area contributed by atoms with Crippen molar-refractivity contribution in [3.05, 3.63) is 71.8 Å². The summed E-state index contributed by atoms with van der Waals surface area (Å²) in [5.74, 6) is 0.222. The summed E-state index contributed by atoms with van der Waals surface area (Å²) in [7, 11) is 0. The molecule has 1 atom stereocenters. The lowest BCUT2D eigenvalue weighted by molar-refractivity contribution is -0.119. The number of benzene rings is 2. The summed E-state index contributed by atoms with van der Waals surface area (Å²) >= 11 is 0. The number of hydrogen-bond donors (Lipinski definition) is 1. The van der Waals surface area contributed by atoms with Crippen molar-refractivity contribution in [1.82, 2.24) is 0 Å². The molecule has 0 spiro atoms. The van der Waals surface area contributed by atoms with Gasteiger partial charge in [-0.1, -0.05) is 60.7 Å². The lowest BCUT2D eigenvalue weighted by atomic mass is 9.99. The van der Waals surface area contributed by atoms with Gasteiger partial charge in [0.05, 0.1) is 0 Å². The zero-order valence-corrected chi connectivity index (χ0v) is 11.0. The Bertz CT molecular complexity index is 507. The first-order valence-corrected chi connectivity index (χ1v) is 6.62. The molecule has 0 saturated heterocycles. The van der Waals surface area contributed by atoms with Gasteiger partial charge in [-0.05, 0) is 17.5 Å². The van der Waals surface area contributed by atoms with Gasteiger partial charge in [-0.3, -0.25) is 4.79 Å². The Morgan fingerprint density at radius 3 is 2.16 bits per heavy atom. The van der Waals surface area contributed by atoms with Crippen LogP contribution in [0.15, 0.2) is 60.7 Å². The van der Waals surface area contributed by atoms with Crippen LogP contribution >= 0.6 is 0 Å². The lowest BCUT2D eigenvalue weighted by Gasteiger charge is -2.11. The standard InChI is InChI=1S/C17H19NO/c18-17(15-9-5-2-6-10-15)13-16(19)12-11-14-7-3-1-4-8-14/h1-10,17H,11-13,18H2. The van der Waals surface area contributed by atoms with E-state index < -0.39 is 0 Å².